The van der Waals surface area contributed by atoms with E-state index in [0.717, 1.165) is 0 Å². The molecule has 1 unspecified atom stereocenters. The summed E-state index contributed by atoms with van der Waals surface area (Å²) in [5, 5.41) is 15.3. The van der Waals surface area contributed by atoms with Crippen molar-refractivity contribution < 1.29 is 23.8 Å². The van der Waals surface area contributed by atoms with Crippen LogP contribution in [0, 0.1) is 17.7 Å². The number of nitrogens with one attached hydrogen (secondary N) is 2. The Morgan fingerprint density at radius 1 is 1.00 bits per heavy atom. The van der Waals surface area contributed by atoms with Crippen molar-refractivity contribution in [2.75, 3.05) is 19.0 Å². The number of esters is 1. The molecule has 3 rings (SSSR count). The van der Waals surface area contributed by atoms with Gasteiger partial charge in [0.05, 0.1) is 18.8 Å². The van der Waals surface area contributed by atoms with E-state index >= 15 is 0 Å². The predicted molar refractivity (Wildman–Crippen MR) is 119 cm³/mol. The fourth-order valence-corrected chi connectivity index (χ4v) is 2.86. The third-order valence-electron chi connectivity index (χ3n) is 4.44. The van der Waals surface area contributed by atoms with E-state index < -0.39 is 23.9 Å². The van der Waals surface area contributed by atoms with Gasteiger partial charge in [-0.2, -0.15) is 0 Å². The molecule has 0 aromatic heterocycles. The van der Waals surface area contributed by atoms with Crippen LogP contribution in [0.4, 0.5) is 14.9 Å². The van der Waals surface area contributed by atoms with Gasteiger partial charge in [-0.05, 0) is 54.1 Å². The first-order chi connectivity index (χ1) is 15.4. The predicted octanol–water partition coefficient (Wildman–Crippen LogP) is 3.87. The van der Waals surface area contributed by atoms with Crippen LogP contribution in [0.1, 0.15) is 33.2 Å². The van der Waals surface area contributed by atoms with E-state index in [1.54, 1.807) is 54.6 Å². The molecule has 0 bridgehead atoms. The number of aliphatic hydroxyl groups is 1. The topological polar surface area (TPSA) is 87.7 Å². The van der Waals surface area contributed by atoms with E-state index in [1.165, 1.54) is 25.3 Å². The van der Waals surface area contributed by atoms with Gasteiger partial charge < -0.3 is 20.5 Å². The first kappa shape index (κ1) is 22.5. The average molecular weight is 432 g/mol. The quantitative estimate of drug-likeness (QED) is 0.422. The Morgan fingerprint density at radius 3 is 2.41 bits per heavy atom. The van der Waals surface area contributed by atoms with Crippen LogP contribution in [-0.4, -0.2) is 30.8 Å². The summed E-state index contributed by atoms with van der Waals surface area (Å²) in [6.07, 6.45) is -1.03. The molecule has 1 atom stereocenters. The molecule has 0 aliphatic heterocycles. The van der Waals surface area contributed by atoms with Crippen LogP contribution in [-0.2, 0) is 4.74 Å². The number of halogens is 1. The maximum Gasteiger partial charge on any atom is 0.337 e. The minimum absolute atomic E-state index is 0.0781. The molecule has 32 heavy (non-hydrogen) atoms. The molecule has 3 aromatic carbocycles. The molecular formula is C25H21FN2O4. The molecule has 2 amide bonds. The summed E-state index contributed by atoms with van der Waals surface area (Å²) in [5.41, 5.74) is 2.60. The molecule has 0 heterocycles. The molecular weight excluding hydrogens is 411 g/mol. The number of anilines is 1. The fraction of sp³-hybridized carbons (Fsp3) is 0.120. The third-order valence-corrected chi connectivity index (χ3v) is 4.44. The number of carbonyl (C=O) groups excluding carboxylic acids is 2. The zero-order valence-electron chi connectivity index (χ0n) is 17.3. The molecule has 3 N–H and O–H groups in total. The van der Waals surface area contributed by atoms with Gasteiger partial charge in [-0.1, -0.05) is 36.1 Å². The number of aliphatic hydroxyl groups excluding tert-OH is 1. The molecule has 0 fully saturated rings. The number of rotatable bonds is 5. The fourth-order valence-electron chi connectivity index (χ4n) is 2.86. The van der Waals surface area contributed by atoms with Crippen molar-refractivity contribution in [1.29, 1.82) is 0 Å². The van der Waals surface area contributed by atoms with Gasteiger partial charge in [0, 0.05) is 23.4 Å². The first-order valence-corrected chi connectivity index (χ1v) is 9.73. The van der Waals surface area contributed by atoms with Gasteiger partial charge in [-0.15, -0.1) is 0 Å². The molecule has 6 nitrogen and oxygen atoms in total. The summed E-state index contributed by atoms with van der Waals surface area (Å²) in [5.74, 6) is 5.07. The van der Waals surface area contributed by atoms with E-state index in [4.69, 9.17) is 4.74 Å². The Kier molecular flexibility index (Phi) is 7.57. The van der Waals surface area contributed by atoms with E-state index in [9.17, 15) is 19.1 Å². The molecule has 0 aliphatic rings. The molecule has 3 aromatic rings. The summed E-state index contributed by atoms with van der Waals surface area (Å²) < 4.78 is 18.0. The zero-order valence-corrected chi connectivity index (χ0v) is 17.3. The smallest absolute Gasteiger partial charge is 0.337 e. The highest BCUT2D eigenvalue weighted by Crippen LogP contribution is 2.14. The first-order valence-electron chi connectivity index (χ1n) is 9.73. The number of amides is 2. The monoisotopic (exact) mass is 432 g/mol. The van der Waals surface area contributed by atoms with Gasteiger partial charge in [-0.25, -0.2) is 14.0 Å². The molecule has 0 saturated heterocycles. The molecule has 0 saturated carbocycles. The lowest BCUT2D eigenvalue weighted by atomic mass is 10.1. The Morgan fingerprint density at radius 2 is 1.69 bits per heavy atom. The number of hydrogen-bond donors (Lipinski definition) is 3. The molecule has 7 heteroatoms. The minimum Gasteiger partial charge on any atom is -0.465 e. The SMILES string of the molecule is COC(=O)c1cccc(C#Cc2cccc(NC(=O)NCC(O)c3cccc(F)c3)c2)c1. The lowest BCUT2D eigenvalue weighted by molar-refractivity contribution is 0.0600. The van der Waals surface area contributed by atoms with E-state index in [-0.39, 0.29) is 6.54 Å². The second kappa shape index (κ2) is 10.8. The van der Waals surface area contributed by atoms with Crippen molar-refractivity contribution >= 4 is 17.7 Å². The Labute approximate surface area is 185 Å². The van der Waals surface area contributed by atoms with Crippen LogP contribution >= 0.6 is 0 Å². The van der Waals surface area contributed by atoms with Crippen LogP contribution < -0.4 is 10.6 Å². The standard InChI is InChI=1S/C25H21FN2O4/c1-32-24(30)20-8-2-5-17(13-20)11-12-18-6-3-10-22(14-18)28-25(31)27-16-23(29)19-7-4-9-21(26)15-19/h2-10,13-15,23,29H,16H2,1H3,(H2,27,28,31). The van der Waals surface area contributed by atoms with Crippen LogP contribution in [0.3, 0.4) is 0 Å². The van der Waals surface area contributed by atoms with Crippen molar-refractivity contribution in [1.82, 2.24) is 5.32 Å². The second-order valence-corrected chi connectivity index (χ2v) is 6.81. The maximum absolute atomic E-state index is 13.3. The summed E-state index contributed by atoms with van der Waals surface area (Å²) in [6, 6.07) is 18.7. The lowest BCUT2D eigenvalue weighted by Gasteiger charge is -2.13. The van der Waals surface area contributed by atoms with E-state index in [1.807, 2.05) is 0 Å². The largest absolute Gasteiger partial charge is 0.465 e. The Balaban J connectivity index is 1.60. The van der Waals surface area contributed by atoms with Crippen molar-refractivity contribution in [3.8, 4) is 11.8 Å². The molecule has 0 spiro atoms. The van der Waals surface area contributed by atoms with Crippen LogP contribution in [0.15, 0.2) is 72.8 Å². The van der Waals surface area contributed by atoms with Gasteiger partial charge in [0.1, 0.15) is 5.82 Å². The number of carbonyl (C=O) groups is 2. The number of methoxy groups -OCH3 is 1. The minimum atomic E-state index is -1.03. The van der Waals surface area contributed by atoms with Gasteiger partial charge in [0.2, 0.25) is 0 Å². The van der Waals surface area contributed by atoms with E-state index in [2.05, 4.69) is 22.5 Å². The number of urea groups is 1. The van der Waals surface area contributed by atoms with Gasteiger partial charge in [0.15, 0.2) is 0 Å². The highest BCUT2D eigenvalue weighted by molar-refractivity contribution is 5.90. The van der Waals surface area contributed by atoms with Crippen molar-refractivity contribution in [2.24, 2.45) is 0 Å². The summed E-state index contributed by atoms with van der Waals surface area (Å²) in [6.45, 7) is -0.0781. The highest BCUT2D eigenvalue weighted by atomic mass is 19.1. The summed E-state index contributed by atoms with van der Waals surface area (Å²) in [4.78, 5) is 23.8. The van der Waals surface area contributed by atoms with E-state index in [0.29, 0.717) is 27.9 Å². The van der Waals surface area contributed by atoms with Crippen molar-refractivity contribution in [3.63, 3.8) is 0 Å². The van der Waals surface area contributed by atoms with Crippen molar-refractivity contribution in [2.45, 2.75) is 6.10 Å². The molecule has 0 radical (unpaired) electrons. The molecule has 0 aliphatic carbocycles. The van der Waals surface area contributed by atoms with Crippen molar-refractivity contribution in [3.05, 3.63) is 101 Å². The summed E-state index contributed by atoms with van der Waals surface area (Å²) in [7, 11) is 1.32. The number of hydrogen-bond acceptors (Lipinski definition) is 4. The van der Waals surface area contributed by atoms with Crippen LogP contribution in [0.2, 0.25) is 0 Å². The zero-order chi connectivity index (χ0) is 22.9. The summed E-state index contributed by atoms with van der Waals surface area (Å²) >= 11 is 0. The highest BCUT2D eigenvalue weighted by Gasteiger charge is 2.10. The number of ether oxygens (including phenoxy) is 1. The lowest BCUT2D eigenvalue weighted by Crippen LogP contribution is -2.32. The van der Waals surface area contributed by atoms with Crippen LogP contribution in [0.25, 0.3) is 0 Å². The van der Waals surface area contributed by atoms with Gasteiger partial charge in [0.25, 0.3) is 0 Å². The third kappa shape index (κ3) is 6.42. The van der Waals surface area contributed by atoms with Gasteiger partial charge in [-0.3, -0.25) is 0 Å². The normalized spacial score (nSPS) is 11.0. The Hall–Kier alpha value is -4.15. The molecule has 162 valence electrons. The number of benzene rings is 3. The Bertz CT molecular complexity index is 1180. The maximum atomic E-state index is 13.3. The van der Waals surface area contributed by atoms with Crippen LogP contribution in [0.5, 0.6) is 0 Å². The second-order valence-electron chi connectivity index (χ2n) is 6.81. The average Bonchev–Trinajstić information content (AvgIpc) is 2.81. The van der Waals surface area contributed by atoms with Gasteiger partial charge >= 0.3 is 12.0 Å².